The van der Waals surface area contributed by atoms with Crippen molar-refractivity contribution in [3.63, 3.8) is 0 Å². The molecule has 2 aromatic carbocycles. The number of hydrogen-bond acceptors (Lipinski definition) is 4. The third-order valence-corrected chi connectivity index (χ3v) is 4.46. The topological polar surface area (TPSA) is 42.2 Å². The standard InChI is InChI=1S/C15H14ClN3S/c1-19(8-10-4-2-3-5-11(10)16)12-6-7-13-15(14(12)17)18-9-20-13/h2-7,9H,8,17H2,1H3. The highest BCUT2D eigenvalue weighted by molar-refractivity contribution is 7.16. The highest BCUT2D eigenvalue weighted by Gasteiger charge is 2.11. The van der Waals surface area contributed by atoms with E-state index in [0.717, 1.165) is 32.2 Å². The van der Waals surface area contributed by atoms with Crippen LogP contribution < -0.4 is 10.6 Å². The summed E-state index contributed by atoms with van der Waals surface area (Å²) >= 11 is 7.80. The van der Waals surface area contributed by atoms with Crippen LogP contribution in [0.1, 0.15) is 5.56 Å². The minimum Gasteiger partial charge on any atom is -0.395 e. The molecule has 0 bridgehead atoms. The third kappa shape index (κ3) is 2.32. The lowest BCUT2D eigenvalue weighted by molar-refractivity contribution is 0.926. The quantitative estimate of drug-likeness (QED) is 0.738. The van der Waals surface area contributed by atoms with Gasteiger partial charge in [0.1, 0.15) is 5.52 Å². The van der Waals surface area contributed by atoms with Crippen LogP contribution in [0, 0.1) is 0 Å². The van der Waals surface area contributed by atoms with Gasteiger partial charge in [0.15, 0.2) is 0 Å². The van der Waals surface area contributed by atoms with Gasteiger partial charge in [-0.15, -0.1) is 11.3 Å². The largest absolute Gasteiger partial charge is 0.395 e. The van der Waals surface area contributed by atoms with Crippen molar-refractivity contribution in [3.8, 4) is 0 Å². The molecular weight excluding hydrogens is 290 g/mol. The summed E-state index contributed by atoms with van der Waals surface area (Å²) in [5.41, 5.74) is 11.7. The average molecular weight is 304 g/mol. The normalized spacial score (nSPS) is 10.9. The Bertz CT molecular complexity index is 754. The Balaban J connectivity index is 1.94. The first kappa shape index (κ1) is 13.2. The molecule has 20 heavy (non-hydrogen) atoms. The number of nitrogens with two attached hydrogens (primary N) is 1. The predicted molar refractivity (Wildman–Crippen MR) is 87.6 cm³/mol. The van der Waals surface area contributed by atoms with Crippen molar-refractivity contribution in [2.45, 2.75) is 6.54 Å². The Morgan fingerprint density at radius 3 is 2.85 bits per heavy atom. The Labute approximate surface area is 126 Å². The van der Waals surface area contributed by atoms with Crippen molar-refractivity contribution in [1.82, 2.24) is 4.98 Å². The van der Waals surface area contributed by atoms with Crippen molar-refractivity contribution in [1.29, 1.82) is 0 Å². The number of benzene rings is 2. The van der Waals surface area contributed by atoms with Crippen LogP contribution in [0.2, 0.25) is 5.02 Å². The van der Waals surface area contributed by atoms with E-state index >= 15 is 0 Å². The molecule has 0 aliphatic heterocycles. The minimum atomic E-state index is 0.708. The van der Waals surface area contributed by atoms with Crippen LogP contribution in [0.15, 0.2) is 41.9 Å². The maximum atomic E-state index is 6.23. The maximum absolute atomic E-state index is 6.23. The lowest BCUT2D eigenvalue weighted by atomic mass is 10.2. The van der Waals surface area contributed by atoms with E-state index in [1.807, 2.05) is 42.9 Å². The first-order valence-electron chi connectivity index (χ1n) is 6.23. The van der Waals surface area contributed by atoms with Crippen LogP contribution >= 0.6 is 22.9 Å². The van der Waals surface area contributed by atoms with E-state index < -0.39 is 0 Å². The third-order valence-electron chi connectivity index (χ3n) is 3.30. The molecule has 0 saturated heterocycles. The van der Waals surface area contributed by atoms with Crippen molar-refractivity contribution in [3.05, 3.63) is 52.5 Å². The summed E-state index contributed by atoms with van der Waals surface area (Å²) in [6.07, 6.45) is 0. The highest BCUT2D eigenvalue weighted by Crippen LogP contribution is 2.33. The zero-order valence-electron chi connectivity index (χ0n) is 11.0. The Morgan fingerprint density at radius 2 is 2.05 bits per heavy atom. The fraction of sp³-hybridized carbons (Fsp3) is 0.133. The Kier molecular flexibility index (Phi) is 3.51. The van der Waals surface area contributed by atoms with E-state index in [1.54, 1.807) is 11.3 Å². The van der Waals surface area contributed by atoms with Gasteiger partial charge in [-0.25, -0.2) is 4.98 Å². The van der Waals surface area contributed by atoms with Crippen molar-refractivity contribution >= 4 is 44.5 Å². The van der Waals surface area contributed by atoms with Gasteiger partial charge in [0.05, 0.1) is 21.6 Å². The van der Waals surface area contributed by atoms with Crippen LogP contribution in [0.5, 0.6) is 0 Å². The molecule has 1 aromatic heterocycles. The summed E-state index contributed by atoms with van der Waals surface area (Å²) < 4.78 is 1.11. The van der Waals surface area contributed by atoms with Crippen LogP contribution in [0.3, 0.4) is 0 Å². The number of anilines is 2. The summed E-state index contributed by atoms with van der Waals surface area (Å²) in [6, 6.07) is 11.9. The molecular formula is C15H14ClN3S. The van der Waals surface area contributed by atoms with Gasteiger partial charge in [0.2, 0.25) is 0 Å². The molecule has 3 nitrogen and oxygen atoms in total. The minimum absolute atomic E-state index is 0.708. The SMILES string of the molecule is CN(Cc1ccccc1Cl)c1ccc2scnc2c1N. The summed E-state index contributed by atoms with van der Waals surface area (Å²) in [6.45, 7) is 0.708. The maximum Gasteiger partial charge on any atom is 0.106 e. The summed E-state index contributed by atoms with van der Waals surface area (Å²) in [7, 11) is 2.01. The molecule has 5 heteroatoms. The fourth-order valence-corrected chi connectivity index (χ4v) is 3.13. The fourth-order valence-electron chi connectivity index (χ4n) is 2.24. The number of halogens is 1. The number of hydrogen-bond donors (Lipinski definition) is 1. The molecule has 0 amide bonds. The molecule has 0 fully saturated rings. The summed E-state index contributed by atoms with van der Waals surface area (Å²) in [5.74, 6) is 0. The number of nitrogen functional groups attached to an aromatic ring is 1. The number of thiazole rings is 1. The van der Waals surface area contributed by atoms with Crippen LogP contribution in [0.4, 0.5) is 11.4 Å². The van der Waals surface area contributed by atoms with Gasteiger partial charge in [0, 0.05) is 18.6 Å². The Hall–Kier alpha value is -1.78. The second-order valence-corrected chi connectivity index (χ2v) is 5.94. The predicted octanol–water partition coefficient (Wildman–Crippen LogP) is 4.17. The van der Waals surface area contributed by atoms with Gasteiger partial charge in [-0.3, -0.25) is 0 Å². The molecule has 3 rings (SSSR count). The molecule has 0 aliphatic rings. The number of nitrogens with zero attached hydrogens (tertiary/aromatic N) is 2. The van der Waals surface area contributed by atoms with Crippen molar-refractivity contribution in [2.75, 3.05) is 17.7 Å². The second-order valence-electron chi connectivity index (χ2n) is 4.64. The summed E-state index contributed by atoms with van der Waals surface area (Å²) in [5, 5.41) is 0.771. The number of rotatable bonds is 3. The van der Waals surface area contributed by atoms with E-state index in [2.05, 4.69) is 16.0 Å². The van der Waals surface area contributed by atoms with E-state index in [9.17, 15) is 0 Å². The molecule has 0 saturated carbocycles. The zero-order valence-corrected chi connectivity index (χ0v) is 12.6. The first-order chi connectivity index (χ1) is 9.66. The lowest BCUT2D eigenvalue weighted by Crippen LogP contribution is -2.18. The number of aromatic nitrogens is 1. The second kappa shape index (κ2) is 5.31. The molecule has 102 valence electrons. The summed E-state index contributed by atoms with van der Waals surface area (Å²) in [4.78, 5) is 6.42. The molecule has 0 aliphatic carbocycles. The van der Waals surface area contributed by atoms with E-state index in [-0.39, 0.29) is 0 Å². The van der Waals surface area contributed by atoms with E-state index in [0.29, 0.717) is 6.54 Å². The van der Waals surface area contributed by atoms with Crippen LogP contribution in [0.25, 0.3) is 10.2 Å². The lowest BCUT2D eigenvalue weighted by Gasteiger charge is -2.21. The molecule has 0 unspecified atom stereocenters. The smallest absolute Gasteiger partial charge is 0.106 e. The van der Waals surface area contributed by atoms with Gasteiger partial charge in [-0.1, -0.05) is 29.8 Å². The van der Waals surface area contributed by atoms with Crippen LogP contribution in [-0.4, -0.2) is 12.0 Å². The van der Waals surface area contributed by atoms with E-state index in [1.165, 1.54) is 0 Å². The zero-order chi connectivity index (χ0) is 14.1. The molecule has 2 N–H and O–H groups in total. The molecule has 0 atom stereocenters. The van der Waals surface area contributed by atoms with Crippen LogP contribution in [-0.2, 0) is 6.54 Å². The van der Waals surface area contributed by atoms with Gasteiger partial charge in [0.25, 0.3) is 0 Å². The molecule has 0 radical (unpaired) electrons. The van der Waals surface area contributed by atoms with Gasteiger partial charge in [-0.2, -0.15) is 0 Å². The molecule has 3 aromatic rings. The van der Waals surface area contributed by atoms with Crippen molar-refractivity contribution < 1.29 is 0 Å². The van der Waals surface area contributed by atoms with Gasteiger partial charge < -0.3 is 10.6 Å². The van der Waals surface area contributed by atoms with E-state index in [4.69, 9.17) is 17.3 Å². The van der Waals surface area contributed by atoms with Gasteiger partial charge >= 0.3 is 0 Å². The van der Waals surface area contributed by atoms with Gasteiger partial charge in [-0.05, 0) is 23.8 Å². The highest BCUT2D eigenvalue weighted by atomic mass is 35.5. The average Bonchev–Trinajstić information content (AvgIpc) is 2.91. The Morgan fingerprint density at radius 1 is 1.25 bits per heavy atom. The monoisotopic (exact) mass is 303 g/mol. The number of fused-ring (bicyclic) bond motifs is 1. The van der Waals surface area contributed by atoms with Crippen molar-refractivity contribution in [2.24, 2.45) is 0 Å². The first-order valence-corrected chi connectivity index (χ1v) is 7.49. The molecule has 0 spiro atoms. The molecule has 1 heterocycles.